The second-order valence-electron chi connectivity index (χ2n) is 10.7. The van der Waals surface area contributed by atoms with Gasteiger partial charge in [0.2, 0.25) is 0 Å². The molecule has 224 valence electrons. The van der Waals surface area contributed by atoms with E-state index in [4.69, 9.17) is 19.7 Å². The van der Waals surface area contributed by atoms with Crippen LogP contribution in [0.25, 0.3) is 56.1 Å². The molecular weight excluding hydrogens is 568 g/mol. The molecule has 0 atom stereocenters. The van der Waals surface area contributed by atoms with Crippen LogP contribution < -0.4 is 9.47 Å². The van der Waals surface area contributed by atoms with E-state index >= 15 is 0 Å². The zero-order chi connectivity index (χ0) is 31.3. The van der Waals surface area contributed by atoms with E-state index in [0.717, 1.165) is 67.6 Å². The first kappa shape index (κ1) is 28.6. The fourth-order valence-corrected chi connectivity index (χ4v) is 5.65. The van der Waals surface area contributed by atoms with Gasteiger partial charge in [-0.2, -0.15) is 10.2 Å². The first-order chi connectivity index (χ1) is 22.7. The zero-order valence-electron chi connectivity index (χ0n) is 25.6. The largest absolute Gasteiger partial charge is 0.496 e. The minimum Gasteiger partial charge on any atom is -0.496 e. The molecule has 0 aliphatic carbocycles. The van der Waals surface area contributed by atoms with Crippen molar-refractivity contribution in [1.29, 1.82) is 0 Å². The Morgan fingerprint density at radius 1 is 0.413 bits per heavy atom. The highest BCUT2D eigenvalue weighted by Crippen LogP contribution is 2.32. The Hall–Kier alpha value is -6.14. The number of hydrogen-bond acceptors (Lipinski definition) is 4. The van der Waals surface area contributed by atoms with Gasteiger partial charge in [0.25, 0.3) is 0 Å². The maximum Gasteiger partial charge on any atom is 0.128 e. The summed E-state index contributed by atoms with van der Waals surface area (Å²) in [6.45, 7) is 0. The molecule has 0 radical (unpaired) electrons. The van der Waals surface area contributed by atoms with Crippen LogP contribution in [0.1, 0.15) is 0 Å². The van der Waals surface area contributed by atoms with Crippen LogP contribution in [-0.4, -0.2) is 33.4 Å². The minimum atomic E-state index is 0.844. The molecule has 0 fully saturated rings. The molecule has 0 saturated heterocycles. The Bertz CT molecular complexity index is 2080. The van der Waals surface area contributed by atoms with Gasteiger partial charge < -0.3 is 9.47 Å². The van der Waals surface area contributed by atoms with Gasteiger partial charge in [-0.05, 0) is 60.7 Å². The van der Waals surface area contributed by atoms with Crippen molar-refractivity contribution >= 4 is 11.0 Å². The van der Waals surface area contributed by atoms with Crippen LogP contribution in [0.15, 0.2) is 158 Å². The average Bonchev–Trinajstić information content (AvgIpc) is 3.78. The van der Waals surface area contributed by atoms with Gasteiger partial charge in [-0.1, -0.05) is 97.1 Å². The summed E-state index contributed by atoms with van der Waals surface area (Å²) >= 11 is 0. The van der Waals surface area contributed by atoms with E-state index in [-0.39, 0.29) is 0 Å². The molecule has 0 aliphatic rings. The van der Waals surface area contributed by atoms with Gasteiger partial charge in [-0.25, -0.2) is 9.03 Å². The minimum absolute atomic E-state index is 0.844. The second kappa shape index (κ2) is 12.8. The smallest absolute Gasteiger partial charge is 0.128 e. The van der Waals surface area contributed by atoms with Crippen LogP contribution in [0.4, 0.5) is 0 Å². The zero-order valence-corrected chi connectivity index (χ0v) is 25.6. The standard InChI is InChI=1S/2C20H16N2O/c2*1-23-20-13-6-5-11-17(20)19-12-7-10-16-14-18(21-22(16)19)15-8-3-2-4-9-15/h2*2-14H,1H3. The van der Waals surface area contributed by atoms with Crippen LogP contribution >= 0.6 is 0 Å². The topological polar surface area (TPSA) is 53.1 Å². The van der Waals surface area contributed by atoms with Gasteiger partial charge in [-0.15, -0.1) is 0 Å². The summed E-state index contributed by atoms with van der Waals surface area (Å²) in [6, 6.07) is 53.0. The molecule has 6 heteroatoms. The first-order valence-electron chi connectivity index (χ1n) is 15.1. The number of para-hydroxylation sites is 2. The van der Waals surface area contributed by atoms with Crippen molar-refractivity contribution in [2.75, 3.05) is 14.2 Å². The highest BCUT2D eigenvalue weighted by Gasteiger charge is 2.13. The Kier molecular flexibility index (Phi) is 7.99. The maximum absolute atomic E-state index is 5.50. The van der Waals surface area contributed by atoms with Crippen LogP contribution in [-0.2, 0) is 0 Å². The average molecular weight is 601 g/mol. The number of hydrogen-bond donors (Lipinski definition) is 0. The highest BCUT2D eigenvalue weighted by atomic mass is 16.5. The third kappa shape index (κ3) is 5.60. The molecule has 0 N–H and O–H groups in total. The summed E-state index contributed by atoms with van der Waals surface area (Å²) in [5.74, 6) is 1.69. The lowest BCUT2D eigenvalue weighted by atomic mass is 10.1. The molecule has 4 aromatic heterocycles. The number of nitrogens with zero attached hydrogens (tertiary/aromatic N) is 4. The van der Waals surface area contributed by atoms with Crippen molar-refractivity contribution in [2.24, 2.45) is 0 Å². The van der Waals surface area contributed by atoms with E-state index in [0.29, 0.717) is 0 Å². The summed E-state index contributed by atoms with van der Waals surface area (Å²) in [7, 11) is 3.38. The van der Waals surface area contributed by atoms with E-state index in [1.165, 1.54) is 0 Å². The Morgan fingerprint density at radius 3 is 1.22 bits per heavy atom. The second-order valence-corrected chi connectivity index (χ2v) is 10.7. The monoisotopic (exact) mass is 600 g/mol. The van der Waals surface area contributed by atoms with Crippen LogP contribution in [0.2, 0.25) is 0 Å². The van der Waals surface area contributed by atoms with E-state index in [2.05, 4.69) is 72.8 Å². The molecule has 46 heavy (non-hydrogen) atoms. The highest BCUT2D eigenvalue weighted by molar-refractivity contribution is 5.75. The van der Waals surface area contributed by atoms with Gasteiger partial charge in [0, 0.05) is 22.3 Å². The van der Waals surface area contributed by atoms with Crippen molar-refractivity contribution in [3.8, 4) is 56.5 Å². The normalized spacial score (nSPS) is 10.8. The quantitative estimate of drug-likeness (QED) is 0.191. The van der Waals surface area contributed by atoms with Gasteiger partial charge in [-0.3, -0.25) is 0 Å². The van der Waals surface area contributed by atoms with Crippen molar-refractivity contribution in [3.05, 3.63) is 158 Å². The predicted molar refractivity (Wildman–Crippen MR) is 185 cm³/mol. The maximum atomic E-state index is 5.50. The summed E-state index contributed by atoms with van der Waals surface area (Å²) in [5.41, 5.74) is 10.4. The third-order valence-electron chi connectivity index (χ3n) is 7.88. The molecule has 0 bridgehead atoms. The summed E-state index contributed by atoms with van der Waals surface area (Å²) in [4.78, 5) is 0. The predicted octanol–water partition coefficient (Wildman–Crippen LogP) is 9.35. The Labute approximate surface area is 267 Å². The number of pyridine rings is 2. The molecule has 4 heterocycles. The number of aromatic nitrogens is 4. The van der Waals surface area contributed by atoms with E-state index in [1.807, 2.05) is 94.0 Å². The van der Waals surface area contributed by atoms with E-state index < -0.39 is 0 Å². The number of rotatable bonds is 6. The lowest BCUT2D eigenvalue weighted by molar-refractivity contribution is 0.416. The van der Waals surface area contributed by atoms with E-state index in [9.17, 15) is 0 Å². The number of benzene rings is 4. The van der Waals surface area contributed by atoms with Crippen molar-refractivity contribution in [3.63, 3.8) is 0 Å². The lowest BCUT2D eigenvalue weighted by Gasteiger charge is -2.09. The SMILES string of the molecule is COc1ccccc1-c1cccc2cc(-c3ccccc3)nn12.COc1ccccc1-c1cccc2cc(-c3ccccc3)nn12. The fraction of sp³-hybridized carbons (Fsp3) is 0.0500. The van der Waals surface area contributed by atoms with Crippen LogP contribution in [0, 0.1) is 0 Å². The van der Waals surface area contributed by atoms with Crippen LogP contribution in [0.5, 0.6) is 11.5 Å². The molecule has 4 aromatic carbocycles. The molecule has 0 saturated carbocycles. The summed E-state index contributed by atoms with van der Waals surface area (Å²) in [5, 5.41) is 9.59. The third-order valence-corrected chi connectivity index (χ3v) is 7.88. The lowest BCUT2D eigenvalue weighted by Crippen LogP contribution is -1.96. The molecule has 6 nitrogen and oxygen atoms in total. The first-order valence-corrected chi connectivity index (χ1v) is 15.1. The molecular formula is C40H32N4O2. The number of methoxy groups -OCH3 is 2. The molecule has 0 spiro atoms. The summed E-state index contributed by atoms with van der Waals surface area (Å²) < 4.78 is 14.9. The molecule has 8 aromatic rings. The van der Waals surface area contributed by atoms with Crippen LogP contribution in [0.3, 0.4) is 0 Å². The Morgan fingerprint density at radius 2 is 0.804 bits per heavy atom. The molecule has 8 rings (SSSR count). The van der Waals surface area contributed by atoms with Gasteiger partial charge in [0.15, 0.2) is 0 Å². The van der Waals surface area contributed by atoms with E-state index in [1.54, 1.807) is 14.2 Å². The summed E-state index contributed by atoms with van der Waals surface area (Å²) in [6.07, 6.45) is 0. The molecule has 0 aliphatic heterocycles. The van der Waals surface area contributed by atoms with Gasteiger partial charge in [0.1, 0.15) is 11.5 Å². The fourth-order valence-electron chi connectivity index (χ4n) is 5.65. The molecule has 0 unspecified atom stereocenters. The van der Waals surface area contributed by atoms with Crippen molar-refractivity contribution in [1.82, 2.24) is 19.2 Å². The van der Waals surface area contributed by atoms with Crippen molar-refractivity contribution < 1.29 is 9.47 Å². The molecule has 0 amide bonds. The van der Waals surface area contributed by atoms with Gasteiger partial charge in [0.05, 0.1) is 48.0 Å². The number of ether oxygens (including phenoxy) is 2. The Balaban J connectivity index is 0.000000147. The van der Waals surface area contributed by atoms with Crippen molar-refractivity contribution in [2.45, 2.75) is 0 Å². The van der Waals surface area contributed by atoms with Gasteiger partial charge >= 0.3 is 0 Å². The number of fused-ring (bicyclic) bond motifs is 2.